The maximum absolute atomic E-state index is 11.9. The molecule has 0 heterocycles. The predicted molar refractivity (Wildman–Crippen MR) is 65.0 cm³/mol. The second kappa shape index (κ2) is 5.67. The number of carbonyl (C=O) groups excluding carboxylic acids is 1. The van der Waals surface area contributed by atoms with Gasteiger partial charge in [-0.2, -0.15) is 0 Å². The first-order chi connectivity index (χ1) is 7.08. The van der Waals surface area contributed by atoms with Crippen LogP contribution in [0.4, 0.5) is 0 Å². The standard InChI is InChI=1S/C13H26O3/c1-12(2,3)8-10(13(4,5)6)11(14)16-9-15-7/h10H,8-9H2,1-7H3. The highest BCUT2D eigenvalue weighted by atomic mass is 16.7. The number of hydrogen-bond acceptors (Lipinski definition) is 3. The monoisotopic (exact) mass is 230 g/mol. The van der Waals surface area contributed by atoms with Gasteiger partial charge in [0.15, 0.2) is 6.79 Å². The zero-order valence-corrected chi connectivity index (χ0v) is 11.7. The molecule has 0 aliphatic rings. The van der Waals surface area contributed by atoms with E-state index in [-0.39, 0.29) is 29.5 Å². The molecule has 0 aliphatic carbocycles. The minimum absolute atomic E-state index is 0.0373. The number of rotatable bonds is 4. The molecule has 0 amide bonds. The fourth-order valence-corrected chi connectivity index (χ4v) is 1.57. The molecule has 1 atom stereocenters. The second-order valence-electron chi connectivity index (χ2n) is 6.55. The van der Waals surface area contributed by atoms with Crippen LogP contribution in [0.1, 0.15) is 48.0 Å². The summed E-state index contributed by atoms with van der Waals surface area (Å²) >= 11 is 0. The van der Waals surface area contributed by atoms with Crippen LogP contribution < -0.4 is 0 Å². The average Bonchev–Trinajstić information content (AvgIpc) is 2.07. The minimum atomic E-state index is -0.163. The number of hydrogen-bond donors (Lipinski definition) is 0. The van der Waals surface area contributed by atoms with Crippen LogP contribution in [0.2, 0.25) is 0 Å². The van der Waals surface area contributed by atoms with Gasteiger partial charge in [0.2, 0.25) is 0 Å². The van der Waals surface area contributed by atoms with Crippen LogP contribution in [0.5, 0.6) is 0 Å². The zero-order valence-electron chi connectivity index (χ0n) is 11.7. The molecule has 3 heteroatoms. The Hall–Kier alpha value is -0.570. The molecular formula is C13H26O3. The predicted octanol–water partition coefficient (Wildman–Crippen LogP) is 3.23. The molecule has 0 N–H and O–H groups in total. The van der Waals surface area contributed by atoms with Crippen molar-refractivity contribution in [2.45, 2.75) is 48.0 Å². The number of esters is 1. The lowest BCUT2D eigenvalue weighted by molar-refractivity contribution is -0.164. The maximum atomic E-state index is 11.9. The van der Waals surface area contributed by atoms with Gasteiger partial charge in [-0.05, 0) is 17.3 Å². The lowest BCUT2D eigenvalue weighted by Crippen LogP contribution is -2.34. The largest absolute Gasteiger partial charge is 0.438 e. The summed E-state index contributed by atoms with van der Waals surface area (Å²) in [6.45, 7) is 12.6. The zero-order chi connectivity index (χ0) is 13.0. The van der Waals surface area contributed by atoms with Gasteiger partial charge in [0.05, 0.1) is 5.92 Å². The summed E-state index contributed by atoms with van der Waals surface area (Å²) in [4.78, 5) is 11.9. The summed E-state index contributed by atoms with van der Waals surface area (Å²) in [6.07, 6.45) is 0.818. The topological polar surface area (TPSA) is 35.5 Å². The van der Waals surface area contributed by atoms with Crippen molar-refractivity contribution >= 4 is 5.97 Å². The first kappa shape index (κ1) is 15.4. The first-order valence-electron chi connectivity index (χ1n) is 5.73. The van der Waals surface area contributed by atoms with Gasteiger partial charge in [0.25, 0.3) is 0 Å². The summed E-state index contributed by atoms with van der Waals surface area (Å²) in [5, 5.41) is 0. The normalized spacial score (nSPS) is 14.7. The quantitative estimate of drug-likeness (QED) is 0.549. The van der Waals surface area contributed by atoms with Gasteiger partial charge in [0, 0.05) is 7.11 Å². The van der Waals surface area contributed by atoms with Crippen LogP contribution in [0.15, 0.2) is 0 Å². The Balaban J connectivity index is 4.62. The molecule has 3 nitrogen and oxygen atoms in total. The van der Waals surface area contributed by atoms with E-state index in [9.17, 15) is 4.79 Å². The number of ether oxygens (including phenoxy) is 2. The molecule has 0 bridgehead atoms. The highest BCUT2D eigenvalue weighted by molar-refractivity contribution is 5.73. The van der Waals surface area contributed by atoms with Crippen molar-refractivity contribution in [3.63, 3.8) is 0 Å². The lowest BCUT2D eigenvalue weighted by atomic mass is 9.72. The van der Waals surface area contributed by atoms with E-state index in [0.717, 1.165) is 6.42 Å². The molecule has 16 heavy (non-hydrogen) atoms. The Morgan fingerprint density at radius 1 is 1.12 bits per heavy atom. The summed E-state index contributed by atoms with van der Waals surface area (Å²) in [6, 6.07) is 0. The Kier molecular flexibility index (Phi) is 5.47. The molecule has 96 valence electrons. The fraction of sp³-hybridized carbons (Fsp3) is 0.923. The van der Waals surface area contributed by atoms with Gasteiger partial charge in [-0.1, -0.05) is 41.5 Å². The third kappa shape index (κ3) is 6.11. The molecule has 0 saturated heterocycles. The molecule has 0 aliphatic heterocycles. The Labute approximate surface area is 99.5 Å². The Morgan fingerprint density at radius 3 is 1.94 bits per heavy atom. The van der Waals surface area contributed by atoms with Crippen molar-refractivity contribution in [3.8, 4) is 0 Å². The van der Waals surface area contributed by atoms with Gasteiger partial charge >= 0.3 is 5.97 Å². The van der Waals surface area contributed by atoms with E-state index in [0.29, 0.717) is 0 Å². The second-order valence-corrected chi connectivity index (χ2v) is 6.55. The van der Waals surface area contributed by atoms with Crippen molar-refractivity contribution in [3.05, 3.63) is 0 Å². The molecular weight excluding hydrogens is 204 g/mol. The van der Waals surface area contributed by atoms with Gasteiger partial charge in [-0.15, -0.1) is 0 Å². The van der Waals surface area contributed by atoms with Crippen LogP contribution in [0.25, 0.3) is 0 Å². The van der Waals surface area contributed by atoms with Gasteiger partial charge in [-0.25, -0.2) is 0 Å². The third-order valence-corrected chi connectivity index (χ3v) is 2.47. The average molecular weight is 230 g/mol. The molecule has 0 radical (unpaired) electrons. The highest BCUT2D eigenvalue weighted by Crippen LogP contribution is 2.36. The molecule has 0 fully saturated rings. The Morgan fingerprint density at radius 2 is 1.62 bits per heavy atom. The summed E-state index contributed by atoms with van der Waals surface area (Å²) in [7, 11) is 1.52. The summed E-state index contributed by atoms with van der Waals surface area (Å²) < 4.78 is 9.83. The van der Waals surface area contributed by atoms with E-state index in [1.54, 1.807) is 0 Å². The molecule has 1 unspecified atom stereocenters. The van der Waals surface area contributed by atoms with Crippen molar-refractivity contribution in [2.24, 2.45) is 16.7 Å². The molecule has 0 aromatic rings. The van der Waals surface area contributed by atoms with E-state index >= 15 is 0 Å². The number of methoxy groups -OCH3 is 1. The van der Waals surface area contributed by atoms with Gasteiger partial charge in [-0.3, -0.25) is 4.79 Å². The molecule has 0 aromatic carbocycles. The summed E-state index contributed by atoms with van der Waals surface area (Å²) in [5.41, 5.74) is 0.0299. The van der Waals surface area contributed by atoms with Crippen LogP contribution in [0.3, 0.4) is 0 Å². The van der Waals surface area contributed by atoms with Crippen LogP contribution in [-0.4, -0.2) is 19.9 Å². The van der Waals surface area contributed by atoms with Crippen LogP contribution >= 0.6 is 0 Å². The molecule has 0 rings (SSSR count). The van der Waals surface area contributed by atoms with E-state index in [1.165, 1.54) is 7.11 Å². The third-order valence-electron chi connectivity index (χ3n) is 2.47. The summed E-state index contributed by atoms with van der Waals surface area (Å²) in [5.74, 6) is -0.257. The molecule has 0 aromatic heterocycles. The van der Waals surface area contributed by atoms with Gasteiger partial charge in [0.1, 0.15) is 0 Å². The molecule has 0 spiro atoms. The van der Waals surface area contributed by atoms with E-state index in [4.69, 9.17) is 9.47 Å². The first-order valence-corrected chi connectivity index (χ1v) is 5.73. The highest BCUT2D eigenvalue weighted by Gasteiger charge is 2.35. The fourth-order valence-electron chi connectivity index (χ4n) is 1.57. The minimum Gasteiger partial charge on any atom is -0.438 e. The van der Waals surface area contributed by atoms with Crippen LogP contribution in [-0.2, 0) is 14.3 Å². The lowest BCUT2D eigenvalue weighted by Gasteiger charge is -2.33. The Bertz CT molecular complexity index is 220. The van der Waals surface area contributed by atoms with Crippen LogP contribution in [0, 0.1) is 16.7 Å². The van der Waals surface area contributed by atoms with Gasteiger partial charge < -0.3 is 9.47 Å². The maximum Gasteiger partial charge on any atom is 0.311 e. The van der Waals surface area contributed by atoms with Crippen molar-refractivity contribution in [2.75, 3.05) is 13.9 Å². The van der Waals surface area contributed by atoms with Crippen molar-refractivity contribution in [1.82, 2.24) is 0 Å². The van der Waals surface area contributed by atoms with E-state index in [2.05, 4.69) is 41.5 Å². The molecule has 0 saturated carbocycles. The van der Waals surface area contributed by atoms with Crippen molar-refractivity contribution < 1.29 is 14.3 Å². The SMILES string of the molecule is COCOC(=O)C(CC(C)(C)C)C(C)(C)C. The van der Waals surface area contributed by atoms with Crippen molar-refractivity contribution in [1.29, 1.82) is 0 Å². The van der Waals surface area contributed by atoms with E-state index < -0.39 is 0 Å². The smallest absolute Gasteiger partial charge is 0.311 e. The van der Waals surface area contributed by atoms with E-state index in [1.807, 2.05) is 0 Å². The number of carbonyl (C=O) groups is 1.